The Kier molecular flexibility index (Phi) is 5.16. The number of carbonyl (C=O) groups is 2. The van der Waals surface area contributed by atoms with E-state index in [9.17, 15) is 22.8 Å². The van der Waals surface area contributed by atoms with Crippen LogP contribution in [0.25, 0.3) is 0 Å². The molecular formula is C19H23F3N4O2S. The van der Waals surface area contributed by atoms with Gasteiger partial charge in [-0.1, -0.05) is 0 Å². The molecule has 0 saturated carbocycles. The number of thioether (sulfide) groups is 1. The Balaban J connectivity index is 1.31. The maximum atomic E-state index is 12.8. The van der Waals surface area contributed by atoms with Crippen LogP contribution < -0.4 is 10.2 Å². The molecule has 2 atom stereocenters. The molecule has 4 heterocycles. The summed E-state index contributed by atoms with van der Waals surface area (Å²) in [4.78, 5) is 32.3. The number of halogens is 3. The van der Waals surface area contributed by atoms with Gasteiger partial charge < -0.3 is 15.1 Å². The highest BCUT2D eigenvalue weighted by molar-refractivity contribution is 8.01. The van der Waals surface area contributed by atoms with Gasteiger partial charge in [0.2, 0.25) is 11.8 Å². The minimum atomic E-state index is -4.39. The number of hydrogen-bond acceptors (Lipinski definition) is 5. The Morgan fingerprint density at radius 1 is 1.31 bits per heavy atom. The van der Waals surface area contributed by atoms with Crippen LogP contribution >= 0.6 is 11.8 Å². The van der Waals surface area contributed by atoms with E-state index in [1.54, 1.807) is 16.7 Å². The number of nitrogens with one attached hydrogen (secondary N) is 1. The van der Waals surface area contributed by atoms with Crippen molar-refractivity contribution in [2.75, 3.05) is 23.7 Å². The lowest BCUT2D eigenvalue weighted by atomic mass is 10.0. The third kappa shape index (κ3) is 3.91. The molecule has 3 saturated heterocycles. The molecule has 1 aromatic heterocycles. The predicted octanol–water partition coefficient (Wildman–Crippen LogP) is 2.64. The molecule has 0 bridgehead atoms. The Bertz CT molecular complexity index is 796. The molecule has 2 unspecified atom stereocenters. The lowest BCUT2D eigenvalue weighted by Gasteiger charge is -2.35. The lowest BCUT2D eigenvalue weighted by molar-refractivity contribution is -0.138. The number of aromatic nitrogens is 1. The second-order valence-corrected chi connectivity index (χ2v) is 9.44. The highest BCUT2D eigenvalue weighted by Gasteiger charge is 2.53. The van der Waals surface area contributed by atoms with E-state index in [0.29, 0.717) is 43.9 Å². The molecule has 0 radical (unpaired) electrons. The van der Waals surface area contributed by atoms with E-state index >= 15 is 0 Å². The van der Waals surface area contributed by atoms with Crippen molar-refractivity contribution in [3.8, 4) is 0 Å². The van der Waals surface area contributed by atoms with Gasteiger partial charge in [-0.2, -0.15) is 13.2 Å². The SMILES string of the molecule is CC12CCC(=O)N1C(C(=O)NC1CCN(c3ccc(C(F)(F)F)cn3)CC1)CS2. The molecule has 1 N–H and O–H groups in total. The smallest absolute Gasteiger partial charge is 0.356 e. The first-order valence-electron chi connectivity index (χ1n) is 9.72. The molecular weight excluding hydrogens is 405 g/mol. The molecule has 158 valence electrons. The Morgan fingerprint density at radius 3 is 2.66 bits per heavy atom. The van der Waals surface area contributed by atoms with Gasteiger partial charge in [-0.25, -0.2) is 4.98 Å². The first-order valence-corrected chi connectivity index (χ1v) is 10.7. The number of hydrogen-bond donors (Lipinski definition) is 1. The normalized spacial score (nSPS) is 28.0. The third-order valence-electron chi connectivity index (χ3n) is 5.99. The standard InChI is InChI=1S/C19H23F3N4O2S/c1-18-7-4-16(27)26(18)14(11-29-18)17(28)24-13-5-8-25(9-6-13)15-3-2-12(10-23-15)19(20,21)22/h2-3,10,13-14H,4-9,11H2,1H3,(H,24,28). The van der Waals surface area contributed by atoms with Crippen molar-refractivity contribution < 1.29 is 22.8 Å². The monoisotopic (exact) mass is 428 g/mol. The van der Waals surface area contributed by atoms with E-state index in [0.717, 1.165) is 18.7 Å². The molecule has 0 spiro atoms. The van der Waals surface area contributed by atoms with Crippen molar-refractivity contribution in [2.24, 2.45) is 0 Å². The summed E-state index contributed by atoms with van der Waals surface area (Å²) in [5, 5.41) is 3.07. The topological polar surface area (TPSA) is 65.5 Å². The average Bonchev–Trinajstić information content (AvgIpc) is 3.18. The Hall–Kier alpha value is -1.97. The largest absolute Gasteiger partial charge is 0.417 e. The number of alkyl halides is 3. The van der Waals surface area contributed by atoms with Crippen molar-refractivity contribution in [3.63, 3.8) is 0 Å². The van der Waals surface area contributed by atoms with Crippen molar-refractivity contribution >= 4 is 29.4 Å². The van der Waals surface area contributed by atoms with Crippen LogP contribution in [0.2, 0.25) is 0 Å². The van der Waals surface area contributed by atoms with Crippen LogP contribution in [0.5, 0.6) is 0 Å². The van der Waals surface area contributed by atoms with Crippen LogP contribution in [-0.2, 0) is 15.8 Å². The second kappa shape index (κ2) is 7.37. The second-order valence-electron chi connectivity index (χ2n) is 7.94. The van der Waals surface area contributed by atoms with Crippen LogP contribution in [-0.4, -0.2) is 57.5 Å². The summed E-state index contributed by atoms with van der Waals surface area (Å²) in [6.45, 7) is 3.22. The fourth-order valence-corrected chi connectivity index (χ4v) is 5.74. The third-order valence-corrected chi connectivity index (χ3v) is 7.49. The molecule has 29 heavy (non-hydrogen) atoms. The van der Waals surface area contributed by atoms with Crippen molar-refractivity contribution in [3.05, 3.63) is 23.9 Å². The molecule has 6 nitrogen and oxygen atoms in total. The first-order chi connectivity index (χ1) is 13.7. The summed E-state index contributed by atoms with van der Waals surface area (Å²) in [5.74, 6) is 1.05. The summed E-state index contributed by atoms with van der Waals surface area (Å²) in [6, 6.07) is 1.99. The predicted molar refractivity (Wildman–Crippen MR) is 103 cm³/mol. The van der Waals surface area contributed by atoms with Gasteiger partial charge in [0.15, 0.2) is 0 Å². The van der Waals surface area contributed by atoms with E-state index in [1.807, 2.05) is 11.8 Å². The van der Waals surface area contributed by atoms with Gasteiger partial charge in [0, 0.05) is 37.5 Å². The van der Waals surface area contributed by atoms with Crippen molar-refractivity contribution in [1.82, 2.24) is 15.2 Å². The molecule has 1 aromatic rings. The molecule has 0 aliphatic carbocycles. The van der Waals surface area contributed by atoms with Crippen LogP contribution in [0.1, 0.15) is 38.2 Å². The Morgan fingerprint density at radius 2 is 2.03 bits per heavy atom. The maximum Gasteiger partial charge on any atom is 0.417 e. The summed E-state index contributed by atoms with van der Waals surface area (Å²) >= 11 is 1.67. The number of rotatable bonds is 3. The van der Waals surface area contributed by atoms with E-state index in [-0.39, 0.29) is 22.7 Å². The van der Waals surface area contributed by atoms with Gasteiger partial charge >= 0.3 is 6.18 Å². The maximum absolute atomic E-state index is 12.8. The number of anilines is 1. The van der Waals surface area contributed by atoms with Crippen LogP contribution in [0.4, 0.5) is 19.0 Å². The molecule has 3 aliphatic heterocycles. The van der Waals surface area contributed by atoms with Gasteiger partial charge in [-0.15, -0.1) is 11.8 Å². The van der Waals surface area contributed by atoms with Crippen LogP contribution in [0.3, 0.4) is 0 Å². The zero-order valence-corrected chi connectivity index (χ0v) is 16.9. The number of carbonyl (C=O) groups excluding carboxylic acids is 2. The number of amides is 2. The highest BCUT2D eigenvalue weighted by Crippen LogP contribution is 2.47. The molecule has 3 fully saturated rings. The number of nitrogens with zero attached hydrogens (tertiary/aromatic N) is 3. The highest BCUT2D eigenvalue weighted by atomic mass is 32.2. The zero-order chi connectivity index (χ0) is 20.8. The zero-order valence-electron chi connectivity index (χ0n) is 16.0. The van der Waals surface area contributed by atoms with Crippen LogP contribution in [0, 0.1) is 0 Å². The molecule has 10 heteroatoms. The number of pyridine rings is 1. The molecule has 0 aromatic carbocycles. The fourth-order valence-electron chi connectivity index (χ4n) is 4.31. The summed E-state index contributed by atoms with van der Waals surface area (Å²) in [5.41, 5.74) is -0.763. The molecule has 2 amide bonds. The summed E-state index contributed by atoms with van der Waals surface area (Å²) < 4.78 is 38.0. The molecule has 3 aliphatic rings. The van der Waals surface area contributed by atoms with Gasteiger partial charge in [0.1, 0.15) is 11.9 Å². The van der Waals surface area contributed by atoms with Gasteiger partial charge in [-0.05, 0) is 38.3 Å². The minimum Gasteiger partial charge on any atom is -0.356 e. The lowest BCUT2D eigenvalue weighted by Crippen LogP contribution is -2.53. The van der Waals surface area contributed by atoms with E-state index in [1.165, 1.54) is 6.07 Å². The minimum absolute atomic E-state index is 0.0113. The summed E-state index contributed by atoms with van der Waals surface area (Å²) in [6.07, 6.45) is -0.914. The number of fused-ring (bicyclic) bond motifs is 1. The van der Waals surface area contributed by atoms with Crippen molar-refractivity contribution in [2.45, 2.75) is 55.7 Å². The van der Waals surface area contributed by atoms with E-state index in [4.69, 9.17) is 0 Å². The quantitative estimate of drug-likeness (QED) is 0.802. The van der Waals surface area contributed by atoms with Gasteiger partial charge in [0.05, 0.1) is 10.4 Å². The average molecular weight is 428 g/mol. The summed E-state index contributed by atoms with van der Waals surface area (Å²) in [7, 11) is 0. The van der Waals surface area contributed by atoms with E-state index < -0.39 is 17.8 Å². The fraction of sp³-hybridized carbons (Fsp3) is 0.632. The Labute approximate surface area is 171 Å². The number of piperidine rings is 1. The van der Waals surface area contributed by atoms with Crippen molar-refractivity contribution in [1.29, 1.82) is 0 Å². The molecule has 4 rings (SSSR count). The first kappa shape index (κ1) is 20.3. The van der Waals surface area contributed by atoms with E-state index in [2.05, 4.69) is 10.3 Å². The van der Waals surface area contributed by atoms with Crippen LogP contribution in [0.15, 0.2) is 18.3 Å². The van der Waals surface area contributed by atoms with Gasteiger partial charge in [-0.3, -0.25) is 9.59 Å². The van der Waals surface area contributed by atoms with Gasteiger partial charge in [0.25, 0.3) is 0 Å².